The molecule has 0 bridgehead atoms. The minimum Gasteiger partial charge on any atom is -0.497 e. The van der Waals surface area contributed by atoms with Crippen LogP contribution in [0.2, 0.25) is 10.0 Å². The van der Waals surface area contributed by atoms with Crippen molar-refractivity contribution in [2.45, 2.75) is 0 Å². The number of hydrogen-bond donors (Lipinski definition) is 0. The summed E-state index contributed by atoms with van der Waals surface area (Å²) < 4.78 is 5.13. The maximum atomic E-state index is 5.93. The molecule has 0 saturated heterocycles. The van der Waals surface area contributed by atoms with Crippen LogP contribution in [-0.2, 0) is 0 Å². The van der Waals surface area contributed by atoms with E-state index in [9.17, 15) is 0 Å². The van der Waals surface area contributed by atoms with Crippen LogP contribution in [0.4, 0.5) is 5.69 Å². The average molecular weight is 280 g/mol. The van der Waals surface area contributed by atoms with Crippen LogP contribution in [0.5, 0.6) is 5.75 Å². The highest BCUT2D eigenvalue weighted by molar-refractivity contribution is 6.42. The Balaban J connectivity index is 2.21. The Morgan fingerprint density at radius 1 is 1.06 bits per heavy atom. The molecule has 2 rings (SSSR count). The third-order valence-electron chi connectivity index (χ3n) is 2.36. The number of benzene rings is 2. The van der Waals surface area contributed by atoms with Gasteiger partial charge in [0.25, 0.3) is 0 Å². The van der Waals surface area contributed by atoms with Crippen LogP contribution in [-0.4, -0.2) is 13.3 Å². The maximum Gasteiger partial charge on any atom is 0.121 e. The van der Waals surface area contributed by atoms with Crippen molar-refractivity contribution in [3.8, 4) is 5.75 Å². The topological polar surface area (TPSA) is 21.6 Å². The molecular formula is C14H11Cl2NO. The second-order valence-electron chi connectivity index (χ2n) is 3.63. The molecule has 0 radical (unpaired) electrons. The third kappa shape index (κ3) is 3.25. The molecule has 0 fully saturated rings. The lowest BCUT2D eigenvalue weighted by Crippen LogP contribution is -1.82. The van der Waals surface area contributed by atoms with Crippen LogP contribution < -0.4 is 4.74 Å². The van der Waals surface area contributed by atoms with E-state index < -0.39 is 0 Å². The van der Waals surface area contributed by atoms with Crippen molar-refractivity contribution >= 4 is 35.1 Å². The first-order valence-corrected chi connectivity index (χ1v) is 6.08. The van der Waals surface area contributed by atoms with Crippen LogP contribution in [0.25, 0.3) is 0 Å². The number of hydrogen-bond acceptors (Lipinski definition) is 2. The Hall–Kier alpha value is -1.51. The zero-order chi connectivity index (χ0) is 13.0. The Morgan fingerprint density at radius 3 is 2.61 bits per heavy atom. The largest absolute Gasteiger partial charge is 0.497 e. The molecule has 0 aliphatic rings. The summed E-state index contributed by atoms with van der Waals surface area (Å²) >= 11 is 11.8. The number of rotatable bonds is 3. The third-order valence-corrected chi connectivity index (χ3v) is 3.10. The van der Waals surface area contributed by atoms with Gasteiger partial charge in [-0.25, -0.2) is 0 Å². The van der Waals surface area contributed by atoms with Crippen molar-refractivity contribution in [2.75, 3.05) is 7.11 Å². The molecule has 92 valence electrons. The smallest absolute Gasteiger partial charge is 0.121 e. The maximum absolute atomic E-state index is 5.93. The van der Waals surface area contributed by atoms with E-state index in [-0.39, 0.29) is 0 Å². The Kier molecular flexibility index (Phi) is 4.24. The number of halogens is 2. The number of aliphatic imine (C=N–C) groups is 1. The lowest BCUT2D eigenvalue weighted by molar-refractivity contribution is 0.415. The van der Waals surface area contributed by atoms with Crippen LogP contribution in [0.1, 0.15) is 5.56 Å². The molecule has 0 aliphatic carbocycles. The molecule has 0 spiro atoms. The molecule has 4 heteroatoms. The first-order valence-electron chi connectivity index (χ1n) is 5.32. The number of methoxy groups -OCH3 is 1. The van der Waals surface area contributed by atoms with E-state index in [0.29, 0.717) is 10.0 Å². The van der Waals surface area contributed by atoms with Crippen molar-refractivity contribution in [3.63, 3.8) is 0 Å². The Morgan fingerprint density at radius 2 is 1.89 bits per heavy atom. The van der Waals surface area contributed by atoms with Gasteiger partial charge in [0.2, 0.25) is 0 Å². The summed E-state index contributed by atoms with van der Waals surface area (Å²) in [6.45, 7) is 0. The fourth-order valence-corrected chi connectivity index (χ4v) is 1.74. The Labute approximate surface area is 116 Å². The van der Waals surface area contributed by atoms with Gasteiger partial charge in [-0.1, -0.05) is 35.3 Å². The summed E-state index contributed by atoms with van der Waals surface area (Å²) in [5.41, 5.74) is 1.72. The summed E-state index contributed by atoms with van der Waals surface area (Å²) in [4.78, 5) is 4.35. The number of nitrogens with zero attached hydrogens (tertiary/aromatic N) is 1. The van der Waals surface area contributed by atoms with Crippen LogP contribution in [0, 0.1) is 0 Å². The molecule has 0 heterocycles. The summed E-state index contributed by atoms with van der Waals surface area (Å²) in [6, 6.07) is 12.9. The Bertz CT molecular complexity index is 582. The van der Waals surface area contributed by atoms with Crippen LogP contribution in [0.3, 0.4) is 0 Å². The molecule has 2 aromatic rings. The second-order valence-corrected chi connectivity index (χ2v) is 4.45. The van der Waals surface area contributed by atoms with Gasteiger partial charge in [-0.05, 0) is 29.8 Å². The molecule has 0 aromatic heterocycles. The molecule has 0 aliphatic heterocycles. The lowest BCUT2D eigenvalue weighted by atomic mass is 10.2. The summed E-state index contributed by atoms with van der Waals surface area (Å²) in [5, 5.41) is 1.06. The minimum atomic E-state index is 0.520. The van der Waals surface area contributed by atoms with Gasteiger partial charge in [0, 0.05) is 12.3 Å². The molecular weight excluding hydrogens is 269 g/mol. The number of ether oxygens (including phenoxy) is 1. The lowest BCUT2D eigenvalue weighted by Gasteiger charge is -2.00. The summed E-state index contributed by atoms with van der Waals surface area (Å²) in [6.07, 6.45) is 1.73. The average Bonchev–Trinajstić information content (AvgIpc) is 2.40. The zero-order valence-corrected chi connectivity index (χ0v) is 11.2. The van der Waals surface area contributed by atoms with Gasteiger partial charge >= 0.3 is 0 Å². The SMILES string of the molecule is COc1cccc(N=Cc2ccc(Cl)c(Cl)c2)c1. The monoisotopic (exact) mass is 279 g/mol. The zero-order valence-electron chi connectivity index (χ0n) is 9.73. The summed E-state index contributed by atoms with van der Waals surface area (Å²) in [7, 11) is 1.63. The van der Waals surface area contributed by atoms with Gasteiger partial charge in [0.1, 0.15) is 5.75 Å². The van der Waals surface area contributed by atoms with E-state index in [4.69, 9.17) is 27.9 Å². The minimum absolute atomic E-state index is 0.520. The van der Waals surface area contributed by atoms with Gasteiger partial charge in [-0.3, -0.25) is 4.99 Å². The van der Waals surface area contributed by atoms with Crippen molar-refractivity contribution < 1.29 is 4.74 Å². The molecule has 2 nitrogen and oxygen atoms in total. The van der Waals surface area contributed by atoms with E-state index in [1.165, 1.54) is 0 Å². The van der Waals surface area contributed by atoms with Crippen molar-refractivity contribution in [1.29, 1.82) is 0 Å². The second kappa shape index (κ2) is 5.89. The molecule has 18 heavy (non-hydrogen) atoms. The van der Waals surface area contributed by atoms with Crippen molar-refractivity contribution in [3.05, 3.63) is 58.1 Å². The fraction of sp³-hybridized carbons (Fsp3) is 0.0714. The molecule has 0 amide bonds. The normalized spacial score (nSPS) is 10.8. The van der Waals surface area contributed by atoms with E-state index >= 15 is 0 Å². The van der Waals surface area contributed by atoms with Gasteiger partial charge in [-0.2, -0.15) is 0 Å². The van der Waals surface area contributed by atoms with E-state index in [1.54, 1.807) is 25.5 Å². The first kappa shape index (κ1) is 12.9. The quantitative estimate of drug-likeness (QED) is 0.743. The van der Waals surface area contributed by atoms with Gasteiger partial charge < -0.3 is 4.74 Å². The van der Waals surface area contributed by atoms with Gasteiger partial charge in [0.05, 0.1) is 22.8 Å². The summed E-state index contributed by atoms with van der Waals surface area (Å²) in [5.74, 6) is 0.777. The highest BCUT2D eigenvalue weighted by Gasteiger charge is 1.97. The molecule has 0 unspecified atom stereocenters. The fourth-order valence-electron chi connectivity index (χ4n) is 1.43. The van der Waals surface area contributed by atoms with Gasteiger partial charge in [0.15, 0.2) is 0 Å². The highest BCUT2D eigenvalue weighted by atomic mass is 35.5. The first-order chi connectivity index (χ1) is 8.69. The van der Waals surface area contributed by atoms with Crippen LogP contribution >= 0.6 is 23.2 Å². The van der Waals surface area contributed by atoms with Crippen molar-refractivity contribution in [1.82, 2.24) is 0 Å². The predicted octanol–water partition coefficient (Wildman–Crippen LogP) is 4.75. The van der Waals surface area contributed by atoms with E-state index in [2.05, 4.69) is 4.99 Å². The molecule has 0 saturated carbocycles. The van der Waals surface area contributed by atoms with E-state index in [1.807, 2.05) is 30.3 Å². The molecule has 0 N–H and O–H groups in total. The van der Waals surface area contributed by atoms with Gasteiger partial charge in [-0.15, -0.1) is 0 Å². The highest BCUT2D eigenvalue weighted by Crippen LogP contribution is 2.23. The van der Waals surface area contributed by atoms with E-state index in [0.717, 1.165) is 17.0 Å². The molecule has 2 aromatic carbocycles. The predicted molar refractivity (Wildman–Crippen MR) is 76.7 cm³/mol. The standard InChI is InChI=1S/C14H11Cl2NO/c1-18-12-4-2-3-11(8-12)17-9-10-5-6-13(15)14(16)7-10/h2-9H,1H3. The van der Waals surface area contributed by atoms with Crippen LogP contribution in [0.15, 0.2) is 47.5 Å². The molecule has 0 atom stereocenters. The van der Waals surface area contributed by atoms with Crippen molar-refractivity contribution in [2.24, 2.45) is 4.99 Å².